The SMILES string of the molecule is CCCCS(=O)(=O)CCNCCOCC. The predicted octanol–water partition coefficient (Wildman–Crippen LogP) is 0.827. The van der Waals surface area contributed by atoms with E-state index in [0.717, 1.165) is 19.4 Å². The fraction of sp³-hybridized carbons (Fsp3) is 1.00. The average molecular weight is 237 g/mol. The summed E-state index contributed by atoms with van der Waals surface area (Å²) in [6.45, 7) is 6.53. The van der Waals surface area contributed by atoms with Gasteiger partial charge in [-0.2, -0.15) is 0 Å². The first kappa shape index (κ1) is 14.9. The van der Waals surface area contributed by atoms with Gasteiger partial charge in [-0.1, -0.05) is 13.3 Å². The molecule has 0 amide bonds. The lowest BCUT2D eigenvalue weighted by atomic mass is 10.4. The lowest BCUT2D eigenvalue weighted by Gasteiger charge is -2.05. The molecule has 15 heavy (non-hydrogen) atoms. The summed E-state index contributed by atoms with van der Waals surface area (Å²) in [6.07, 6.45) is 1.69. The molecule has 0 spiro atoms. The number of ether oxygens (including phenoxy) is 1. The van der Waals surface area contributed by atoms with Gasteiger partial charge >= 0.3 is 0 Å². The average Bonchev–Trinajstić information content (AvgIpc) is 2.20. The van der Waals surface area contributed by atoms with Crippen molar-refractivity contribution in [1.82, 2.24) is 5.32 Å². The van der Waals surface area contributed by atoms with Gasteiger partial charge in [0.1, 0.15) is 0 Å². The summed E-state index contributed by atoms with van der Waals surface area (Å²) in [5, 5.41) is 3.05. The molecule has 0 aliphatic heterocycles. The van der Waals surface area contributed by atoms with Crippen molar-refractivity contribution in [3.63, 3.8) is 0 Å². The van der Waals surface area contributed by atoms with Crippen molar-refractivity contribution >= 4 is 9.84 Å². The van der Waals surface area contributed by atoms with Crippen LogP contribution in [0.4, 0.5) is 0 Å². The van der Waals surface area contributed by atoms with Gasteiger partial charge in [-0.3, -0.25) is 0 Å². The molecule has 0 fully saturated rings. The summed E-state index contributed by atoms with van der Waals surface area (Å²) in [5.41, 5.74) is 0. The number of hydrogen-bond donors (Lipinski definition) is 1. The van der Waals surface area contributed by atoms with Crippen LogP contribution in [0.5, 0.6) is 0 Å². The van der Waals surface area contributed by atoms with Gasteiger partial charge < -0.3 is 10.1 Å². The van der Waals surface area contributed by atoms with E-state index in [-0.39, 0.29) is 5.75 Å². The Labute approximate surface area is 93.3 Å². The molecule has 0 aromatic rings. The molecular weight excluding hydrogens is 214 g/mol. The second-order valence-electron chi connectivity index (χ2n) is 3.45. The second-order valence-corrected chi connectivity index (χ2v) is 5.76. The summed E-state index contributed by atoms with van der Waals surface area (Å²) in [5.74, 6) is 0.551. The van der Waals surface area contributed by atoms with E-state index in [1.807, 2.05) is 13.8 Å². The zero-order valence-corrected chi connectivity index (χ0v) is 10.6. The first-order valence-corrected chi connectivity index (χ1v) is 7.43. The molecule has 0 saturated heterocycles. The third kappa shape index (κ3) is 10.2. The quantitative estimate of drug-likeness (QED) is 0.572. The Bertz CT molecular complexity index is 227. The minimum Gasteiger partial charge on any atom is -0.380 e. The van der Waals surface area contributed by atoms with E-state index in [4.69, 9.17) is 4.74 Å². The largest absolute Gasteiger partial charge is 0.380 e. The molecule has 0 rings (SSSR count). The number of rotatable bonds is 10. The minimum atomic E-state index is -2.84. The topological polar surface area (TPSA) is 55.4 Å². The van der Waals surface area contributed by atoms with E-state index in [0.29, 0.717) is 25.5 Å². The Morgan fingerprint density at radius 2 is 1.87 bits per heavy atom. The van der Waals surface area contributed by atoms with Crippen LogP contribution < -0.4 is 5.32 Å². The lowest BCUT2D eigenvalue weighted by Crippen LogP contribution is -2.27. The van der Waals surface area contributed by atoms with Gasteiger partial charge in [0, 0.05) is 19.7 Å². The predicted molar refractivity (Wildman–Crippen MR) is 62.9 cm³/mol. The molecule has 4 nitrogen and oxygen atoms in total. The van der Waals surface area contributed by atoms with Crippen molar-refractivity contribution in [2.24, 2.45) is 0 Å². The van der Waals surface area contributed by atoms with Crippen molar-refractivity contribution in [1.29, 1.82) is 0 Å². The molecule has 92 valence electrons. The van der Waals surface area contributed by atoms with Crippen molar-refractivity contribution in [3.8, 4) is 0 Å². The summed E-state index contributed by atoms with van der Waals surface area (Å²) in [4.78, 5) is 0. The first-order chi connectivity index (χ1) is 7.12. The monoisotopic (exact) mass is 237 g/mol. The second kappa shape index (κ2) is 9.12. The van der Waals surface area contributed by atoms with Gasteiger partial charge in [0.15, 0.2) is 9.84 Å². The molecule has 0 aromatic heterocycles. The van der Waals surface area contributed by atoms with Crippen LogP contribution in [-0.2, 0) is 14.6 Å². The smallest absolute Gasteiger partial charge is 0.151 e. The molecule has 0 unspecified atom stereocenters. The summed E-state index contributed by atoms with van der Waals surface area (Å²) in [7, 11) is -2.84. The fourth-order valence-electron chi connectivity index (χ4n) is 1.11. The highest BCUT2D eigenvalue weighted by Crippen LogP contribution is 1.95. The standard InChI is InChI=1S/C10H23NO3S/c1-3-5-9-15(12,13)10-7-11-6-8-14-4-2/h11H,3-10H2,1-2H3. The summed E-state index contributed by atoms with van der Waals surface area (Å²) >= 11 is 0. The van der Waals surface area contributed by atoms with E-state index in [9.17, 15) is 8.42 Å². The van der Waals surface area contributed by atoms with E-state index in [1.54, 1.807) is 0 Å². The number of unbranched alkanes of at least 4 members (excludes halogenated alkanes) is 1. The Hall–Kier alpha value is -0.130. The molecule has 0 heterocycles. The first-order valence-electron chi connectivity index (χ1n) is 5.61. The van der Waals surface area contributed by atoms with Crippen molar-refractivity contribution in [3.05, 3.63) is 0 Å². The third-order valence-electron chi connectivity index (χ3n) is 2.03. The number of sulfone groups is 1. The number of hydrogen-bond acceptors (Lipinski definition) is 4. The van der Waals surface area contributed by atoms with Crippen molar-refractivity contribution < 1.29 is 13.2 Å². The van der Waals surface area contributed by atoms with Crippen molar-refractivity contribution in [2.75, 3.05) is 37.8 Å². The normalized spacial score (nSPS) is 11.9. The van der Waals surface area contributed by atoms with Gasteiger partial charge in [0.2, 0.25) is 0 Å². The van der Waals surface area contributed by atoms with Crippen molar-refractivity contribution in [2.45, 2.75) is 26.7 Å². The molecule has 0 aromatic carbocycles. The number of nitrogens with one attached hydrogen (secondary N) is 1. The third-order valence-corrected chi connectivity index (χ3v) is 3.76. The van der Waals surface area contributed by atoms with Gasteiger partial charge in [-0.25, -0.2) is 8.42 Å². The Morgan fingerprint density at radius 1 is 1.13 bits per heavy atom. The zero-order chi connectivity index (χ0) is 11.6. The maximum Gasteiger partial charge on any atom is 0.151 e. The van der Waals surface area contributed by atoms with Crippen LogP contribution in [-0.4, -0.2) is 46.2 Å². The van der Waals surface area contributed by atoms with Gasteiger partial charge in [-0.15, -0.1) is 0 Å². The van der Waals surface area contributed by atoms with Crippen LogP contribution >= 0.6 is 0 Å². The molecule has 0 bridgehead atoms. The highest BCUT2D eigenvalue weighted by Gasteiger charge is 2.08. The van der Waals surface area contributed by atoms with E-state index in [2.05, 4.69) is 5.32 Å². The Morgan fingerprint density at radius 3 is 2.47 bits per heavy atom. The van der Waals surface area contributed by atoms with E-state index in [1.165, 1.54) is 0 Å². The molecule has 0 aliphatic rings. The maximum atomic E-state index is 11.4. The van der Waals surface area contributed by atoms with Gasteiger partial charge in [0.25, 0.3) is 0 Å². The van der Waals surface area contributed by atoms with Crippen LogP contribution in [0.3, 0.4) is 0 Å². The molecule has 0 aliphatic carbocycles. The Balaban J connectivity index is 3.41. The van der Waals surface area contributed by atoms with E-state index >= 15 is 0 Å². The fourth-order valence-corrected chi connectivity index (χ4v) is 2.50. The zero-order valence-electron chi connectivity index (χ0n) is 9.79. The van der Waals surface area contributed by atoms with Crippen LogP contribution in [0.25, 0.3) is 0 Å². The molecule has 0 saturated carbocycles. The van der Waals surface area contributed by atoms with Gasteiger partial charge in [0.05, 0.1) is 18.1 Å². The van der Waals surface area contributed by atoms with Crippen LogP contribution in [0.15, 0.2) is 0 Å². The lowest BCUT2D eigenvalue weighted by molar-refractivity contribution is 0.150. The molecular formula is C10H23NO3S. The molecule has 0 radical (unpaired) electrons. The van der Waals surface area contributed by atoms with Crippen LogP contribution in [0.2, 0.25) is 0 Å². The molecule has 1 N–H and O–H groups in total. The highest BCUT2D eigenvalue weighted by atomic mass is 32.2. The Kier molecular flexibility index (Phi) is 9.04. The highest BCUT2D eigenvalue weighted by molar-refractivity contribution is 7.91. The molecule has 0 atom stereocenters. The summed E-state index contributed by atoms with van der Waals surface area (Å²) in [6, 6.07) is 0. The summed E-state index contributed by atoms with van der Waals surface area (Å²) < 4.78 is 27.9. The minimum absolute atomic E-state index is 0.235. The van der Waals surface area contributed by atoms with Gasteiger partial charge in [-0.05, 0) is 13.3 Å². The molecule has 5 heteroatoms. The van der Waals surface area contributed by atoms with E-state index < -0.39 is 9.84 Å². The maximum absolute atomic E-state index is 11.4. The van der Waals surface area contributed by atoms with Crippen LogP contribution in [0, 0.1) is 0 Å². The van der Waals surface area contributed by atoms with Crippen LogP contribution in [0.1, 0.15) is 26.7 Å².